The number of aliphatic hydroxyl groups excluding tert-OH is 1. The van der Waals surface area contributed by atoms with Gasteiger partial charge in [0.15, 0.2) is 0 Å². The first kappa shape index (κ1) is 17.7. The first-order chi connectivity index (χ1) is 8.50. The lowest BCUT2D eigenvalue weighted by atomic mass is 9.97. The van der Waals surface area contributed by atoms with Gasteiger partial charge in [0, 0.05) is 6.61 Å². The standard InChI is InChI=1S/C13H27NO3S/c1-5-17-12(16)13(3,14-4)7-6-8-18-10-11(2)9-15/h11,14-15H,5-10H2,1-4H3. The maximum atomic E-state index is 11.8. The van der Waals surface area contributed by atoms with Gasteiger partial charge in [-0.1, -0.05) is 6.92 Å². The van der Waals surface area contributed by atoms with Gasteiger partial charge in [0.2, 0.25) is 0 Å². The van der Waals surface area contributed by atoms with E-state index in [1.807, 2.05) is 32.5 Å². The van der Waals surface area contributed by atoms with Gasteiger partial charge in [0.1, 0.15) is 5.54 Å². The third kappa shape index (κ3) is 6.61. The lowest BCUT2D eigenvalue weighted by molar-refractivity contribution is -0.150. The molecule has 4 nitrogen and oxygen atoms in total. The molecule has 0 saturated carbocycles. The normalized spacial score (nSPS) is 16.1. The van der Waals surface area contributed by atoms with Crippen molar-refractivity contribution in [1.29, 1.82) is 0 Å². The quantitative estimate of drug-likeness (QED) is 0.470. The highest BCUT2D eigenvalue weighted by Gasteiger charge is 2.32. The van der Waals surface area contributed by atoms with Crippen LogP contribution in [0.15, 0.2) is 0 Å². The SMILES string of the molecule is CCOC(=O)C(C)(CCCSCC(C)CO)NC. The third-order valence-electron chi connectivity index (χ3n) is 2.96. The number of carbonyl (C=O) groups excluding carboxylic acids is 1. The Labute approximate surface area is 115 Å². The van der Waals surface area contributed by atoms with E-state index in [1.54, 1.807) is 7.05 Å². The van der Waals surface area contributed by atoms with Crippen LogP contribution in [-0.4, -0.2) is 48.4 Å². The fourth-order valence-corrected chi connectivity index (χ4v) is 2.51. The number of hydrogen-bond acceptors (Lipinski definition) is 5. The van der Waals surface area contributed by atoms with Gasteiger partial charge in [-0.2, -0.15) is 11.8 Å². The summed E-state index contributed by atoms with van der Waals surface area (Å²) in [5.74, 6) is 2.13. The molecule has 0 aliphatic rings. The zero-order valence-electron chi connectivity index (χ0n) is 12.0. The molecule has 0 heterocycles. The van der Waals surface area contributed by atoms with Gasteiger partial charge in [0.25, 0.3) is 0 Å². The molecule has 0 aliphatic carbocycles. The average Bonchev–Trinajstić information content (AvgIpc) is 2.37. The van der Waals surface area contributed by atoms with Crippen molar-refractivity contribution in [3.63, 3.8) is 0 Å². The molecule has 0 radical (unpaired) electrons. The van der Waals surface area contributed by atoms with Crippen molar-refractivity contribution in [3.8, 4) is 0 Å². The summed E-state index contributed by atoms with van der Waals surface area (Å²) in [6.45, 7) is 6.39. The molecule has 0 bridgehead atoms. The highest BCUT2D eigenvalue weighted by molar-refractivity contribution is 7.99. The van der Waals surface area contributed by atoms with Gasteiger partial charge in [-0.15, -0.1) is 0 Å². The Kier molecular flexibility index (Phi) is 9.50. The summed E-state index contributed by atoms with van der Waals surface area (Å²) in [5.41, 5.74) is -0.584. The molecule has 2 atom stereocenters. The van der Waals surface area contributed by atoms with E-state index >= 15 is 0 Å². The molecular weight excluding hydrogens is 250 g/mol. The molecule has 2 N–H and O–H groups in total. The maximum Gasteiger partial charge on any atom is 0.326 e. The number of ether oxygens (including phenoxy) is 1. The predicted molar refractivity (Wildman–Crippen MR) is 76.9 cm³/mol. The van der Waals surface area contributed by atoms with E-state index in [0.717, 1.165) is 24.3 Å². The summed E-state index contributed by atoms with van der Waals surface area (Å²) < 4.78 is 5.07. The summed E-state index contributed by atoms with van der Waals surface area (Å²) in [6.07, 6.45) is 1.72. The number of nitrogens with one attached hydrogen (secondary N) is 1. The van der Waals surface area contributed by atoms with Gasteiger partial charge in [0.05, 0.1) is 6.61 Å². The van der Waals surface area contributed by atoms with E-state index in [4.69, 9.17) is 9.84 Å². The molecule has 0 aromatic heterocycles. The van der Waals surface area contributed by atoms with Crippen molar-refractivity contribution >= 4 is 17.7 Å². The summed E-state index contributed by atoms with van der Waals surface area (Å²) in [5, 5.41) is 12.0. The van der Waals surface area contributed by atoms with Crippen LogP contribution in [0.1, 0.15) is 33.6 Å². The second-order valence-corrected chi connectivity index (χ2v) is 5.92. The van der Waals surface area contributed by atoms with Crippen molar-refractivity contribution in [2.75, 3.05) is 31.8 Å². The Balaban J connectivity index is 3.89. The van der Waals surface area contributed by atoms with Crippen molar-refractivity contribution < 1.29 is 14.6 Å². The van der Waals surface area contributed by atoms with Gasteiger partial charge in [-0.25, -0.2) is 0 Å². The maximum absolute atomic E-state index is 11.8. The van der Waals surface area contributed by atoms with E-state index in [1.165, 1.54) is 0 Å². The van der Waals surface area contributed by atoms with Crippen molar-refractivity contribution in [2.24, 2.45) is 5.92 Å². The number of carbonyl (C=O) groups is 1. The summed E-state index contributed by atoms with van der Waals surface area (Å²) >= 11 is 1.82. The summed E-state index contributed by atoms with van der Waals surface area (Å²) in [6, 6.07) is 0. The molecule has 0 fully saturated rings. The van der Waals surface area contributed by atoms with Crippen molar-refractivity contribution in [2.45, 2.75) is 39.2 Å². The Bertz CT molecular complexity index is 238. The molecule has 0 rings (SSSR count). The topological polar surface area (TPSA) is 58.6 Å². The van der Waals surface area contributed by atoms with E-state index in [2.05, 4.69) is 5.32 Å². The van der Waals surface area contributed by atoms with Crippen LogP contribution in [0.3, 0.4) is 0 Å². The van der Waals surface area contributed by atoms with Crippen LogP contribution in [0.2, 0.25) is 0 Å². The van der Waals surface area contributed by atoms with Crippen LogP contribution in [0, 0.1) is 5.92 Å². The predicted octanol–water partition coefficient (Wildman–Crippen LogP) is 1.67. The molecule has 108 valence electrons. The van der Waals surface area contributed by atoms with Crippen molar-refractivity contribution in [1.82, 2.24) is 5.32 Å². The number of likely N-dealkylation sites (N-methyl/N-ethyl adjacent to an activating group) is 1. The first-order valence-electron chi connectivity index (χ1n) is 6.55. The molecular formula is C13H27NO3S. The monoisotopic (exact) mass is 277 g/mol. The lowest BCUT2D eigenvalue weighted by Gasteiger charge is -2.26. The van der Waals surface area contributed by atoms with Gasteiger partial charge in [-0.05, 0) is 51.2 Å². The minimum Gasteiger partial charge on any atom is -0.465 e. The highest BCUT2D eigenvalue weighted by atomic mass is 32.2. The molecule has 0 aromatic rings. The summed E-state index contributed by atoms with van der Waals surface area (Å²) in [4.78, 5) is 11.8. The number of thioether (sulfide) groups is 1. The van der Waals surface area contributed by atoms with E-state index < -0.39 is 5.54 Å². The molecule has 0 saturated heterocycles. The van der Waals surface area contributed by atoms with Gasteiger partial charge < -0.3 is 15.2 Å². The van der Waals surface area contributed by atoms with E-state index in [-0.39, 0.29) is 12.6 Å². The van der Waals surface area contributed by atoms with E-state index in [9.17, 15) is 4.79 Å². The Morgan fingerprint density at radius 1 is 1.56 bits per heavy atom. The van der Waals surface area contributed by atoms with E-state index in [0.29, 0.717) is 12.5 Å². The Hall–Kier alpha value is -0.260. The van der Waals surface area contributed by atoms with Gasteiger partial charge >= 0.3 is 5.97 Å². The zero-order chi connectivity index (χ0) is 14.0. The number of hydrogen-bond donors (Lipinski definition) is 2. The molecule has 0 spiro atoms. The summed E-state index contributed by atoms with van der Waals surface area (Å²) in [7, 11) is 1.79. The zero-order valence-corrected chi connectivity index (χ0v) is 12.8. The minimum atomic E-state index is -0.584. The first-order valence-corrected chi connectivity index (χ1v) is 7.70. The molecule has 0 aliphatic heterocycles. The molecule has 0 amide bonds. The minimum absolute atomic E-state index is 0.179. The van der Waals surface area contributed by atoms with Crippen LogP contribution in [0.25, 0.3) is 0 Å². The molecule has 2 unspecified atom stereocenters. The largest absolute Gasteiger partial charge is 0.465 e. The highest BCUT2D eigenvalue weighted by Crippen LogP contribution is 2.17. The second kappa shape index (κ2) is 9.64. The molecule has 0 aromatic carbocycles. The fraction of sp³-hybridized carbons (Fsp3) is 0.923. The number of aliphatic hydroxyl groups is 1. The smallest absolute Gasteiger partial charge is 0.326 e. The van der Waals surface area contributed by atoms with Gasteiger partial charge in [-0.3, -0.25) is 4.79 Å². The molecule has 5 heteroatoms. The van der Waals surface area contributed by atoms with Crippen LogP contribution >= 0.6 is 11.8 Å². The fourth-order valence-electron chi connectivity index (χ4n) is 1.48. The number of esters is 1. The number of rotatable bonds is 10. The average molecular weight is 277 g/mol. The Morgan fingerprint density at radius 2 is 2.22 bits per heavy atom. The van der Waals surface area contributed by atoms with Crippen LogP contribution < -0.4 is 5.32 Å². The third-order valence-corrected chi connectivity index (χ3v) is 4.34. The second-order valence-electron chi connectivity index (χ2n) is 4.77. The van der Waals surface area contributed by atoms with Crippen LogP contribution in [0.4, 0.5) is 0 Å². The van der Waals surface area contributed by atoms with Crippen molar-refractivity contribution in [3.05, 3.63) is 0 Å². The Morgan fingerprint density at radius 3 is 2.72 bits per heavy atom. The van der Waals surface area contributed by atoms with Crippen LogP contribution in [-0.2, 0) is 9.53 Å². The van der Waals surface area contributed by atoms with Crippen LogP contribution in [0.5, 0.6) is 0 Å². The lowest BCUT2D eigenvalue weighted by Crippen LogP contribution is -2.48. The molecule has 18 heavy (non-hydrogen) atoms.